The summed E-state index contributed by atoms with van der Waals surface area (Å²) in [5.74, 6) is -1.85. The molecule has 1 aromatic rings. The van der Waals surface area contributed by atoms with Crippen LogP contribution in [0.5, 0.6) is 0 Å². The van der Waals surface area contributed by atoms with E-state index < -0.39 is 41.0 Å². The first-order chi connectivity index (χ1) is 10.2. The number of hydrogen-bond donors (Lipinski definition) is 1. The quantitative estimate of drug-likeness (QED) is 0.839. The summed E-state index contributed by atoms with van der Waals surface area (Å²) in [5.41, 5.74) is -2.56. The van der Waals surface area contributed by atoms with E-state index in [0.29, 0.717) is 6.42 Å². The highest BCUT2D eigenvalue weighted by atomic mass is 19.1. The Morgan fingerprint density at radius 1 is 1.55 bits per heavy atom. The number of nitrogens with zero attached hydrogens (tertiary/aromatic N) is 1. The number of carbonyl (C=O) groups excluding carboxylic acids is 1. The van der Waals surface area contributed by atoms with Crippen molar-refractivity contribution >= 4 is 5.97 Å². The molecule has 7 nitrogen and oxygen atoms in total. The van der Waals surface area contributed by atoms with Gasteiger partial charge in [-0.2, -0.15) is 4.39 Å². The van der Waals surface area contributed by atoms with Gasteiger partial charge in [-0.1, -0.05) is 13.8 Å². The molecule has 1 aliphatic heterocycles. The van der Waals surface area contributed by atoms with Crippen LogP contribution in [0.2, 0.25) is 0 Å². The minimum Gasteiger partial charge on any atom is -0.457 e. The second kappa shape index (κ2) is 5.68. The fraction of sp³-hybridized carbons (Fsp3) is 0.643. The molecule has 2 rings (SSSR count). The third-order valence-electron chi connectivity index (χ3n) is 4.33. The molecule has 0 amide bonds. The standard InChI is InChI=1S/C14H19FN2O5/c1-5-14(4)7(2)10(21-8(3)18)12(22-14)17-6-9(15)11(19)16-13(17)20/h6-7,10,12H,5H2,1-4H3,(H,16,19,20)/t7-,10-,12+,14+/m0/s1. The van der Waals surface area contributed by atoms with Crippen molar-refractivity contribution in [2.24, 2.45) is 5.92 Å². The van der Waals surface area contributed by atoms with Gasteiger partial charge in [-0.15, -0.1) is 0 Å². The number of hydrogen-bond acceptors (Lipinski definition) is 5. The van der Waals surface area contributed by atoms with E-state index in [1.165, 1.54) is 6.92 Å². The summed E-state index contributed by atoms with van der Waals surface area (Å²) in [6.07, 6.45) is -0.368. The van der Waals surface area contributed by atoms with Crippen LogP contribution in [0, 0.1) is 11.7 Å². The lowest BCUT2D eigenvalue weighted by molar-refractivity contribution is -0.154. The van der Waals surface area contributed by atoms with E-state index >= 15 is 0 Å². The summed E-state index contributed by atoms with van der Waals surface area (Å²) in [6.45, 7) is 6.83. The van der Waals surface area contributed by atoms with Gasteiger partial charge >= 0.3 is 11.7 Å². The highest BCUT2D eigenvalue weighted by Gasteiger charge is 2.51. The summed E-state index contributed by atoms with van der Waals surface area (Å²) >= 11 is 0. The molecule has 1 fully saturated rings. The zero-order valence-electron chi connectivity index (χ0n) is 12.9. The van der Waals surface area contributed by atoms with Crippen LogP contribution >= 0.6 is 0 Å². The summed E-state index contributed by atoms with van der Waals surface area (Å²) in [6, 6.07) is 0. The maximum atomic E-state index is 13.5. The van der Waals surface area contributed by atoms with Crippen LogP contribution in [0.25, 0.3) is 0 Å². The number of ether oxygens (including phenoxy) is 2. The number of esters is 1. The van der Waals surface area contributed by atoms with Crippen molar-refractivity contribution in [3.63, 3.8) is 0 Å². The molecule has 122 valence electrons. The first-order valence-corrected chi connectivity index (χ1v) is 7.05. The molecule has 8 heteroatoms. The first-order valence-electron chi connectivity index (χ1n) is 7.05. The Hall–Kier alpha value is -1.96. The summed E-state index contributed by atoms with van der Waals surface area (Å²) < 4.78 is 25.6. The normalized spacial score (nSPS) is 31.2. The van der Waals surface area contributed by atoms with Crippen molar-refractivity contribution in [1.29, 1.82) is 0 Å². The van der Waals surface area contributed by atoms with Gasteiger partial charge in [0.1, 0.15) is 0 Å². The lowest BCUT2D eigenvalue weighted by atomic mass is 9.86. The van der Waals surface area contributed by atoms with Crippen molar-refractivity contribution in [1.82, 2.24) is 9.55 Å². The molecule has 0 saturated carbocycles. The van der Waals surface area contributed by atoms with Gasteiger partial charge in [-0.25, -0.2) is 4.79 Å². The number of aromatic nitrogens is 2. The van der Waals surface area contributed by atoms with Gasteiger partial charge in [0.25, 0.3) is 5.56 Å². The molecule has 0 bridgehead atoms. The lowest BCUT2D eigenvalue weighted by Gasteiger charge is -2.27. The van der Waals surface area contributed by atoms with Gasteiger partial charge in [0.2, 0.25) is 5.82 Å². The van der Waals surface area contributed by atoms with Gasteiger partial charge in [0, 0.05) is 12.8 Å². The molecule has 2 heterocycles. The lowest BCUT2D eigenvalue weighted by Crippen LogP contribution is -2.38. The Morgan fingerprint density at radius 2 is 2.18 bits per heavy atom. The minimum atomic E-state index is -1.11. The largest absolute Gasteiger partial charge is 0.457 e. The van der Waals surface area contributed by atoms with Crippen molar-refractivity contribution in [3.8, 4) is 0 Å². The van der Waals surface area contributed by atoms with Gasteiger partial charge in [0.05, 0.1) is 11.8 Å². The highest BCUT2D eigenvalue weighted by Crippen LogP contribution is 2.44. The molecular formula is C14H19FN2O5. The highest BCUT2D eigenvalue weighted by molar-refractivity contribution is 5.66. The van der Waals surface area contributed by atoms with Crippen LogP contribution < -0.4 is 11.2 Å². The van der Waals surface area contributed by atoms with Crippen LogP contribution in [-0.2, 0) is 14.3 Å². The molecular weight excluding hydrogens is 295 g/mol. The average molecular weight is 314 g/mol. The van der Waals surface area contributed by atoms with Crippen LogP contribution in [0.3, 0.4) is 0 Å². The van der Waals surface area contributed by atoms with Gasteiger partial charge in [-0.05, 0) is 13.3 Å². The average Bonchev–Trinajstić information content (AvgIpc) is 2.68. The second-order valence-corrected chi connectivity index (χ2v) is 5.68. The number of rotatable bonds is 3. The number of halogens is 1. The van der Waals surface area contributed by atoms with Gasteiger partial charge < -0.3 is 9.47 Å². The Bertz CT molecular complexity index is 697. The fourth-order valence-electron chi connectivity index (χ4n) is 2.67. The Balaban J connectivity index is 2.52. The van der Waals surface area contributed by atoms with E-state index in [9.17, 15) is 18.8 Å². The topological polar surface area (TPSA) is 90.4 Å². The number of carbonyl (C=O) groups is 1. The van der Waals surface area contributed by atoms with Gasteiger partial charge in [-0.3, -0.25) is 19.1 Å². The summed E-state index contributed by atoms with van der Waals surface area (Å²) in [4.78, 5) is 36.3. The summed E-state index contributed by atoms with van der Waals surface area (Å²) in [7, 11) is 0. The summed E-state index contributed by atoms with van der Waals surface area (Å²) in [5, 5.41) is 0. The third-order valence-corrected chi connectivity index (χ3v) is 4.33. The fourth-order valence-corrected chi connectivity index (χ4v) is 2.67. The smallest absolute Gasteiger partial charge is 0.330 e. The van der Waals surface area contributed by atoms with E-state index in [1.807, 2.05) is 25.8 Å². The predicted molar refractivity (Wildman–Crippen MR) is 74.8 cm³/mol. The molecule has 4 atom stereocenters. The van der Waals surface area contributed by atoms with E-state index in [1.54, 1.807) is 0 Å². The molecule has 0 radical (unpaired) electrons. The van der Waals surface area contributed by atoms with Crippen LogP contribution in [-0.4, -0.2) is 27.2 Å². The molecule has 22 heavy (non-hydrogen) atoms. The maximum absolute atomic E-state index is 13.5. The van der Waals surface area contributed by atoms with Gasteiger partial charge in [0.15, 0.2) is 12.3 Å². The predicted octanol–water partition coefficient (Wildman–Crippen LogP) is 0.941. The molecule has 1 aliphatic rings. The van der Waals surface area contributed by atoms with Crippen LogP contribution in [0.15, 0.2) is 15.8 Å². The van der Waals surface area contributed by atoms with Crippen molar-refractivity contribution in [3.05, 3.63) is 32.9 Å². The molecule has 0 aromatic carbocycles. The first kappa shape index (κ1) is 16.4. The van der Waals surface area contributed by atoms with E-state index in [4.69, 9.17) is 9.47 Å². The van der Waals surface area contributed by atoms with E-state index in [0.717, 1.165) is 10.8 Å². The van der Waals surface area contributed by atoms with Crippen molar-refractivity contribution in [2.45, 2.75) is 52.0 Å². The monoisotopic (exact) mass is 314 g/mol. The number of H-pyrrole nitrogens is 1. The maximum Gasteiger partial charge on any atom is 0.330 e. The van der Waals surface area contributed by atoms with Crippen LogP contribution in [0.4, 0.5) is 4.39 Å². The van der Waals surface area contributed by atoms with Crippen molar-refractivity contribution < 1.29 is 18.7 Å². The number of aromatic amines is 1. The third kappa shape index (κ3) is 2.70. The Labute approximate surface area is 126 Å². The second-order valence-electron chi connectivity index (χ2n) is 5.68. The zero-order chi connectivity index (χ0) is 16.7. The SMILES string of the molecule is CC[C@@]1(C)O[C@@H](n2cc(F)c(=O)[nH]c2=O)[C@@H](OC(C)=O)[C@@H]1C. The Kier molecular flexibility index (Phi) is 4.23. The molecule has 1 aromatic heterocycles. The minimum absolute atomic E-state index is 0.215. The molecule has 1 N–H and O–H groups in total. The van der Waals surface area contributed by atoms with Crippen molar-refractivity contribution in [2.75, 3.05) is 0 Å². The van der Waals surface area contributed by atoms with E-state index in [-0.39, 0.29) is 5.92 Å². The molecule has 0 unspecified atom stereocenters. The zero-order valence-corrected chi connectivity index (χ0v) is 12.9. The molecule has 0 aliphatic carbocycles. The van der Waals surface area contributed by atoms with Crippen LogP contribution in [0.1, 0.15) is 40.3 Å². The molecule has 0 spiro atoms. The molecule has 1 saturated heterocycles. The number of nitrogens with one attached hydrogen (secondary N) is 1. The Morgan fingerprint density at radius 3 is 2.73 bits per heavy atom. The van der Waals surface area contributed by atoms with E-state index in [2.05, 4.69) is 0 Å².